The van der Waals surface area contributed by atoms with Crippen LogP contribution in [0.25, 0.3) is 11.8 Å². The first-order valence-electron chi connectivity index (χ1n) is 10.3. The van der Waals surface area contributed by atoms with Crippen LogP contribution in [-0.2, 0) is 16.0 Å². The predicted molar refractivity (Wildman–Crippen MR) is 132 cm³/mol. The number of thiocarbonyl (C=S) groups is 1. The second-order valence-corrected chi connectivity index (χ2v) is 8.41. The van der Waals surface area contributed by atoms with Gasteiger partial charge in [-0.25, -0.2) is 0 Å². The number of aryl methyl sites for hydroxylation is 2. The number of hydrogen-bond acceptors (Lipinski definition) is 3. The molecule has 1 aliphatic heterocycles. The fourth-order valence-corrected chi connectivity index (χ4v) is 4.46. The molecule has 0 unspecified atom stereocenters. The number of carbonyl (C=O) groups is 2. The molecular formula is C25H22ClN3O2S. The van der Waals surface area contributed by atoms with Gasteiger partial charge >= 0.3 is 0 Å². The Kier molecular flexibility index (Phi) is 6.00. The summed E-state index contributed by atoms with van der Waals surface area (Å²) < 4.78 is 2.04. The molecule has 0 atom stereocenters. The minimum absolute atomic E-state index is 0.0378. The molecule has 1 fully saturated rings. The number of benzene rings is 2. The summed E-state index contributed by atoms with van der Waals surface area (Å²) in [6, 6.07) is 17.0. The fourth-order valence-electron chi connectivity index (χ4n) is 4.01. The third kappa shape index (κ3) is 3.87. The van der Waals surface area contributed by atoms with Crippen molar-refractivity contribution < 1.29 is 9.59 Å². The Morgan fingerprint density at radius 2 is 1.81 bits per heavy atom. The summed E-state index contributed by atoms with van der Waals surface area (Å²) in [6.07, 6.45) is 2.36. The van der Waals surface area contributed by atoms with Crippen LogP contribution in [0.5, 0.6) is 0 Å². The Balaban J connectivity index is 1.79. The van der Waals surface area contributed by atoms with E-state index in [1.165, 1.54) is 4.90 Å². The summed E-state index contributed by atoms with van der Waals surface area (Å²) in [5, 5.41) is 3.39. The Morgan fingerprint density at radius 3 is 2.53 bits per heavy atom. The van der Waals surface area contributed by atoms with E-state index < -0.39 is 11.8 Å². The van der Waals surface area contributed by atoms with E-state index in [4.69, 9.17) is 23.8 Å². The van der Waals surface area contributed by atoms with Crippen molar-refractivity contribution in [2.45, 2.75) is 27.2 Å². The molecule has 3 aromatic rings. The molecule has 5 nitrogen and oxygen atoms in total. The average Bonchev–Trinajstić information content (AvgIpc) is 3.04. The van der Waals surface area contributed by atoms with Crippen molar-refractivity contribution in [3.63, 3.8) is 0 Å². The maximum absolute atomic E-state index is 13.4. The highest BCUT2D eigenvalue weighted by Gasteiger charge is 2.35. The standard InChI is InChI=1S/C25H22ClN3O2S/c1-4-17-8-5-6-11-22(17)29-24(31)21(23(30)27-25(29)32)13-18-12-15(2)28(16(18)3)20-10-7-9-19(26)14-20/h5-14H,4H2,1-3H3,(H,27,30,32)/b21-13+. The van der Waals surface area contributed by atoms with E-state index in [1.54, 1.807) is 6.08 Å². The predicted octanol–water partition coefficient (Wildman–Crippen LogP) is 5.14. The third-order valence-electron chi connectivity index (χ3n) is 5.55. The van der Waals surface area contributed by atoms with E-state index in [9.17, 15) is 9.59 Å². The number of halogens is 1. The zero-order valence-electron chi connectivity index (χ0n) is 18.0. The number of anilines is 1. The van der Waals surface area contributed by atoms with Gasteiger partial charge in [-0.1, -0.05) is 42.8 Å². The highest BCUT2D eigenvalue weighted by molar-refractivity contribution is 7.80. The molecule has 7 heteroatoms. The Labute approximate surface area is 197 Å². The lowest BCUT2D eigenvalue weighted by Crippen LogP contribution is -2.54. The molecule has 2 heterocycles. The fraction of sp³-hybridized carbons (Fsp3) is 0.160. The van der Waals surface area contributed by atoms with Crippen molar-refractivity contribution in [1.82, 2.24) is 9.88 Å². The quantitative estimate of drug-likeness (QED) is 0.331. The molecule has 1 saturated heterocycles. The second-order valence-electron chi connectivity index (χ2n) is 7.58. The molecule has 1 aromatic heterocycles. The largest absolute Gasteiger partial charge is 0.318 e. The van der Waals surface area contributed by atoms with Gasteiger partial charge in [0, 0.05) is 22.1 Å². The van der Waals surface area contributed by atoms with E-state index in [1.807, 2.05) is 79.9 Å². The van der Waals surface area contributed by atoms with Crippen LogP contribution in [0, 0.1) is 13.8 Å². The second kappa shape index (κ2) is 8.73. The van der Waals surface area contributed by atoms with Gasteiger partial charge in [0.2, 0.25) is 0 Å². The van der Waals surface area contributed by atoms with Crippen LogP contribution >= 0.6 is 23.8 Å². The van der Waals surface area contributed by atoms with Gasteiger partial charge in [0.15, 0.2) is 5.11 Å². The van der Waals surface area contributed by atoms with E-state index in [0.29, 0.717) is 10.7 Å². The summed E-state index contributed by atoms with van der Waals surface area (Å²) in [6.45, 7) is 5.92. The molecule has 162 valence electrons. The normalized spacial score (nSPS) is 15.4. The van der Waals surface area contributed by atoms with Crippen molar-refractivity contribution >= 4 is 52.5 Å². The van der Waals surface area contributed by atoms with E-state index >= 15 is 0 Å². The molecule has 0 spiro atoms. The maximum atomic E-state index is 13.4. The van der Waals surface area contributed by atoms with Crippen molar-refractivity contribution in [3.8, 4) is 5.69 Å². The lowest BCUT2D eigenvalue weighted by Gasteiger charge is -2.30. The molecule has 0 aliphatic carbocycles. The van der Waals surface area contributed by atoms with Crippen LogP contribution in [0.4, 0.5) is 5.69 Å². The minimum Gasteiger partial charge on any atom is -0.318 e. The molecular weight excluding hydrogens is 442 g/mol. The van der Waals surface area contributed by atoms with E-state index in [-0.39, 0.29) is 10.7 Å². The summed E-state index contributed by atoms with van der Waals surface area (Å²) in [4.78, 5) is 27.6. The lowest BCUT2D eigenvalue weighted by molar-refractivity contribution is -0.122. The molecule has 0 bridgehead atoms. The molecule has 2 amide bonds. The summed E-state index contributed by atoms with van der Waals surface area (Å²) in [7, 11) is 0. The molecule has 1 aliphatic rings. The van der Waals surface area contributed by atoms with Gasteiger partial charge in [0.1, 0.15) is 5.57 Å². The van der Waals surface area contributed by atoms with Gasteiger partial charge in [0.25, 0.3) is 11.8 Å². The van der Waals surface area contributed by atoms with Crippen LogP contribution in [0.15, 0.2) is 60.2 Å². The number of aromatic nitrogens is 1. The van der Waals surface area contributed by atoms with Crippen LogP contribution in [-0.4, -0.2) is 21.5 Å². The highest BCUT2D eigenvalue weighted by atomic mass is 35.5. The zero-order chi connectivity index (χ0) is 23.0. The number of carbonyl (C=O) groups excluding carboxylic acids is 2. The number of rotatable bonds is 4. The Morgan fingerprint density at radius 1 is 1.06 bits per heavy atom. The monoisotopic (exact) mass is 463 g/mol. The molecule has 2 aromatic carbocycles. The highest BCUT2D eigenvalue weighted by Crippen LogP contribution is 2.28. The number of nitrogens with one attached hydrogen (secondary N) is 1. The van der Waals surface area contributed by atoms with Gasteiger partial charge < -0.3 is 4.57 Å². The van der Waals surface area contributed by atoms with Crippen LogP contribution in [0.2, 0.25) is 5.02 Å². The average molecular weight is 464 g/mol. The molecule has 0 saturated carbocycles. The van der Waals surface area contributed by atoms with Crippen molar-refractivity contribution in [1.29, 1.82) is 0 Å². The minimum atomic E-state index is -0.502. The first-order valence-corrected chi connectivity index (χ1v) is 11.0. The first kappa shape index (κ1) is 22.0. The molecule has 32 heavy (non-hydrogen) atoms. The summed E-state index contributed by atoms with van der Waals surface area (Å²) in [5.41, 5.74) is 5.23. The Bertz CT molecular complexity index is 1290. The van der Waals surface area contributed by atoms with Gasteiger partial charge in [0.05, 0.1) is 5.69 Å². The number of hydrogen-bond donors (Lipinski definition) is 1. The van der Waals surface area contributed by atoms with Crippen LogP contribution < -0.4 is 10.2 Å². The third-order valence-corrected chi connectivity index (χ3v) is 6.07. The van der Waals surface area contributed by atoms with Gasteiger partial charge in [-0.15, -0.1) is 0 Å². The summed E-state index contributed by atoms with van der Waals surface area (Å²) in [5.74, 6) is -0.940. The van der Waals surface area contributed by atoms with E-state index in [2.05, 4.69) is 5.32 Å². The Hall–Kier alpha value is -3.22. The van der Waals surface area contributed by atoms with E-state index in [0.717, 1.165) is 34.6 Å². The summed E-state index contributed by atoms with van der Waals surface area (Å²) >= 11 is 11.5. The van der Waals surface area contributed by atoms with Crippen molar-refractivity contribution in [2.75, 3.05) is 4.90 Å². The molecule has 1 N–H and O–H groups in total. The van der Waals surface area contributed by atoms with Gasteiger partial charge in [-0.3, -0.25) is 19.8 Å². The van der Waals surface area contributed by atoms with Crippen molar-refractivity contribution in [2.24, 2.45) is 0 Å². The zero-order valence-corrected chi connectivity index (χ0v) is 19.6. The SMILES string of the molecule is CCc1ccccc1N1C(=O)/C(=C/c2cc(C)n(-c3cccc(Cl)c3)c2C)C(=O)NC1=S. The topological polar surface area (TPSA) is 54.3 Å². The van der Waals surface area contributed by atoms with Gasteiger partial charge in [-0.2, -0.15) is 0 Å². The number of para-hydroxylation sites is 1. The molecule has 0 radical (unpaired) electrons. The van der Waals surface area contributed by atoms with Gasteiger partial charge in [-0.05, 0) is 80.0 Å². The van der Waals surface area contributed by atoms with Crippen LogP contribution in [0.3, 0.4) is 0 Å². The molecule has 4 rings (SSSR count). The number of amides is 2. The maximum Gasteiger partial charge on any atom is 0.270 e. The van der Waals surface area contributed by atoms with Crippen molar-refractivity contribution in [3.05, 3.63) is 87.7 Å². The van der Waals surface area contributed by atoms with Crippen LogP contribution in [0.1, 0.15) is 29.4 Å². The smallest absolute Gasteiger partial charge is 0.270 e. The first-order chi connectivity index (χ1) is 15.3. The lowest BCUT2D eigenvalue weighted by atomic mass is 10.0. The number of nitrogens with zero attached hydrogens (tertiary/aromatic N) is 2.